The smallest absolute Gasteiger partial charge is 0.341 e. The van der Waals surface area contributed by atoms with Crippen molar-refractivity contribution in [3.63, 3.8) is 0 Å². The lowest BCUT2D eigenvalue weighted by atomic mass is 9.99. The Bertz CT molecular complexity index is 447. The first-order valence-corrected chi connectivity index (χ1v) is 6.56. The van der Waals surface area contributed by atoms with Crippen LogP contribution >= 0.6 is 0 Å². The number of hydrogen-bond acceptors (Lipinski definition) is 2. The molecule has 1 atom stereocenters. The van der Waals surface area contributed by atoms with Crippen molar-refractivity contribution in [2.75, 3.05) is 26.2 Å². The Morgan fingerprint density at radius 1 is 1.30 bits per heavy atom. The summed E-state index contributed by atoms with van der Waals surface area (Å²) in [5.41, 5.74) is 1.17. The molecule has 0 spiro atoms. The van der Waals surface area contributed by atoms with Crippen molar-refractivity contribution in [3.8, 4) is 0 Å². The van der Waals surface area contributed by atoms with E-state index in [2.05, 4.69) is 5.32 Å². The van der Waals surface area contributed by atoms with Gasteiger partial charge in [0, 0.05) is 19.0 Å². The van der Waals surface area contributed by atoms with Gasteiger partial charge in [-0.05, 0) is 12.0 Å². The van der Waals surface area contributed by atoms with Gasteiger partial charge >= 0.3 is 6.18 Å². The molecule has 1 aliphatic heterocycles. The van der Waals surface area contributed by atoms with Crippen LogP contribution in [0.15, 0.2) is 30.3 Å². The van der Waals surface area contributed by atoms with E-state index in [4.69, 9.17) is 0 Å². The molecule has 1 unspecified atom stereocenters. The fourth-order valence-electron chi connectivity index (χ4n) is 2.41. The third-order valence-corrected chi connectivity index (χ3v) is 3.41. The quantitative estimate of drug-likeness (QED) is 0.920. The summed E-state index contributed by atoms with van der Waals surface area (Å²) in [6.07, 6.45) is -3.42. The van der Waals surface area contributed by atoms with Gasteiger partial charge < -0.3 is 10.2 Å². The zero-order valence-electron chi connectivity index (χ0n) is 11.0. The minimum absolute atomic E-state index is 0.263. The average molecular weight is 286 g/mol. The molecule has 1 aliphatic rings. The van der Waals surface area contributed by atoms with Gasteiger partial charge in [-0.1, -0.05) is 30.3 Å². The van der Waals surface area contributed by atoms with Crippen molar-refractivity contribution < 1.29 is 18.0 Å². The maximum atomic E-state index is 12.0. The lowest BCUT2D eigenvalue weighted by molar-refractivity contribution is -0.133. The van der Waals surface area contributed by atoms with Crippen molar-refractivity contribution in [1.29, 1.82) is 0 Å². The third-order valence-electron chi connectivity index (χ3n) is 3.41. The van der Waals surface area contributed by atoms with Crippen LogP contribution in [0.3, 0.4) is 0 Å². The van der Waals surface area contributed by atoms with E-state index in [1.807, 2.05) is 30.3 Å². The minimum atomic E-state index is -4.28. The number of carbonyl (C=O) groups excluding carboxylic acids is 1. The summed E-state index contributed by atoms with van der Waals surface area (Å²) in [4.78, 5) is 13.4. The van der Waals surface area contributed by atoms with Gasteiger partial charge in [-0.2, -0.15) is 13.2 Å². The molecule has 0 aromatic heterocycles. The molecule has 1 fully saturated rings. The van der Waals surface area contributed by atoms with Crippen molar-refractivity contribution in [1.82, 2.24) is 10.2 Å². The summed E-state index contributed by atoms with van der Waals surface area (Å²) in [5, 5.41) is 2.14. The number of nitrogens with zero attached hydrogens (tertiary/aromatic N) is 1. The Balaban J connectivity index is 1.79. The Morgan fingerprint density at radius 2 is 2.00 bits per heavy atom. The van der Waals surface area contributed by atoms with Crippen molar-refractivity contribution in [3.05, 3.63) is 35.9 Å². The molecule has 1 heterocycles. The highest BCUT2D eigenvalue weighted by Crippen LogP contribution is 2.26. The highest BCUT2D eigenvalue weighted by Gasteiger charge is 2.29. The summed E-state index contributed by atoms with van der Waals surface area (Å²) < 4.78 is 35.9. The van der Waals surface area contributed by atoms with Crippen LogP contribution in [0.1, 0.15) is 17.9 Å². The van der Waals surface area contributed by atoms with Gasteiger partial charge in [0.2, 0.25) is 5.91 Å². The zero-order chi connectivity index (χ0) is 14.6. The average Bonchev–Trinajstić information content (AvgIpc) is 2.88. The van der Waals surface area contributed by atoms with E-state index in [9.17, 15) is 18.0 Å². The molecular formula is C14H17F3N2O. The second kappa shape index (κ2) is 6.26. The molecule has 0 radical (unpaired) electrons. The summed E-state index contributed by atoms with van der Waals surface area (Å²) in [5.74, 6) is 0.00967. The largest absolute Gasteiger partial charge is 0.401 e. The molecule has 1 aromatic carbocycles. The normalized spacial score (nSPS) is 19.4. The number of amides is 1. The van der Waals surface area contributed by atoms with E-state index >= 15 is 0 Å². The summed E-state index contributed by atoms with van der Waals surface area (Å²) in [6.45, 7) is -0.210. The predicted molar refractivity (Wildman–Crippen MR) is 69.3 cm³/mol. The minimum Gasteiger partial charge on any atom is -0.341 e. The number of benzene rings is 1. The van der Waals surface area contributed by atoms with Crippen LogP contribution in [0.25, 0.3) is 0 Å². The topological polar surface area (TPSA) is 32.3 Å². The van der Waals surface area contributed by atoms with E-state index in [1.165, 1.54) is 5.56 Å². The first-order valence-electron chi connectivity index (χ1n) is 6.56. The van der Waals surface area contributed by atoms with Crippen LogP contribution < -0.4 is 5.32 Å². The van der Waals surface area contributed by atoms with Crippen molar-refractivity contribution in [2.24, 2.45) is 0 Å². The summed E-state index contributed by atoms with van der Waals surface area (Å²) in [7, 11) is 0. The maximum Gasteiger partial charge on any atom is 0.401 e. The van der Waals surface area contributed by atoms with Crippen LogP contribution in [-0.2, 0) is 4.79 Å². The van der Waals surface area contributed by atoms with E-state index in [1.54, 1.807) is 4.90 Å². The molecule has 1 saturated heterocycles. The molecule has 0 aliphatic carbocycles. The number of hydrogen-bond donors (Lipinski definition) is 1. The molecule has 0 saturated carbocycles. The number of carbonyl (C=O) groups is 1. The summed E-state index contributed by atoms with van der Waals surface area (Å²) >= 11 is 0. The highest BCUT2D eigenvalue weighted by atomic mass is 19.4. The fraction of sp³-hybridized carbons (Fsp3) is 0.500. The molecule has 1 N–H and O–H groups in total. The van der Waals surface area contributed by atoms with Gasteiger partial charge in [0.1, 0.15) is 0 Å². The molecule has 0 bridgehead atoms. The fourth-order valence-corrected chi connectivity index (χ4v) is 2.41. The van der Waals surface area contributed by atoms with Crippen molar-refractivity contribution >= 4 is 5.91 Å². The number of rotatable bonds is 4. The molecule has 110 valence electrons. The van der Waals surface area contributed by atoms with Crippen LogP contribution in [-0.4, -0.2) is 43.2 Å². The highest BCUT2D eigenvalue weighted by molar-refractivity contribution is 5.78. The van der Waals surface area contributed by atoms with E-state index in [0.717, 1.165) is 6.42 Å². The molecular weight excluding hydrogens is 269 g/mol. The Kier molecular flexibility index (Phi) is 4.65. The van der Waals surface area contributed by atoms with E-state index < -0.39 is 12.7 Å². The molecule has 20 heavy (non-hydrogen) atoms. The number of alkyl halides is 3. The second-order valence-corrected chi connectivity index (χ2v) is 4.95. The summed E-state index contributed by atoms with van der Waals surface area (Å²) in [6, 6.07) is 9.86. The molecule has 1 aromatic rings. The van der Waals surface area contributed by atoms with Gasteiger partial charge in [-0.25, -0.2) is 0 Å². The van der Waals surface area contributed by atoms with Gasteiger partial charge in [0.25, 0.3) is 0 Å². The van der Waals surface area contributed by atoms with Gasteiger partial charge in [0.15, 0.2) is 0 Å². The Labute approximate surface area is 115 Å². The van der Waals surface area contributed by atoms with Gasteiger partial charge in [-0.15, -0.1) is 0 Å². The van der Waals surface area contributed by atoms with Gasteiger partial charge in [-0.3, -0.25) is 4.79 Å². The van der Waals surface area contributed by atoms with Crippen LogP contribution in [0.5, 0.6) is 0 Å². The standard InChI is InChI=1S/C14H17F3N2O/c15-14(16,17)10-18-8-13(20)19-7-6-12(9-19)11-4-2-1-3-5-11/h1-5,12,18H,6-10H2. The SMILES string of the molecule is O=C(CNCC(F)(F)F)N1CCC(c2ccccc2)C1. The molecule has 2 rings (SSSR count). The first-order chi connectivity index (χ1) is 9.46. The maximum absolute atomic E-state index is 12.0. The monoisotopic (exact) mass is 286 g/mol. The van der Waals surface area contributed by atoms with Crippen LogP contribution in [0, 0.1) is 0 Å². The molecule has 3 nitrogen and oxygen atoms in total. The predicted octanol–water partition coefficient (Wildman–Crippen LogP) is 2.15. The number of halogens is 3. The lowest BCUT2D eigenvalue weighted by Crippen LogP contribution is -2.39. The van der Waals surface area contributed by atoms with E-state index in [0.29, 0.717) is 13.1 Å². The molecule has 6 heteroatoms. The molecule has 1 amide bonds. The van der Waals surface area contributed by atoms with E-state index in [-0.39, 0.29) is 18.4 Å². The van der Waals surface area contributed by atoms with Crippen LogP contribution in [0.2, 0.25) is 0 Å². The second-order valence-electron chi connectivity index (χ2n) is 4.95. The number of likely N-dealkylation sites (tertiary alicyclic amines) is 1. The van der Waals surface area contributed by atoms with Gasteiger partial charge in [0.05, 0.1) is 13.1 Å². The van der Waals surface area contributed by atoms with Crippen molar-refractivity contribution in [2.45, 2.75) is 18.5 Å². The Morgan fingerprint density at radius 3 is 2.65 bits per heavy atom. The first kappa shape index (κ1) is 14.8. The third kappa shape index (κ3) is 4.23. The Hall–Kier alpha value is -1.56. The van der Waals surface area contributed by atoms with Crippen LogP contribution in [0.4, 0.5) is 13.2 Å². The lowest BCUT2D eigenvalue weighted by Gasteiger charge is -2.17. The number of nitrogens with one attached hydrogen (secondary N) is 1. The zero-order valence-corrected chi connectivity index (χ0v) is 11.0.